The molecular weight excluding hydrogens is 587 g/mol. The van der Waals surface area contributed by atoms with E-state index >= 15 is 0 Å². The van der Waals surface area contributed by atoms with Gasteiger partial charge >= 0.3 is 23.9 Å². The number of hydrogen-bond donors (Lipinski definition) is 0. The van der Waals surface area contributed by atoms with Crippen molar-refractivity contribution in [3.05, 3.63) is 69.7 Å². The fourth-order valence-corrected chi connectivity index (χ4v) is 5.37. The Hall–Kier alpha value is -3.54. The van der Waals surface area contributed by atoms with Gasteiger partial charge in [-0.3, -0.25) is 19.2 Å². The van der Waals surface area contributed by atoms with Gasteiger partial charge in [-0.25, -0.2) is 4.39 Å². The average Bonchev–Trinajstić information content (AvgIpc) is 2.90. The Balaban J connectivity index is 1.65. The van der Waals surface area contributed by atoms with Crippen LogP contribution in [0.5, 0.6) is 0 Å². The predicted molar refractivity (Wildman–Crippen MR) is 150 cm³/mol. The molecule has 0 radical (unpaired) electrons. The normalized spacial score (nSPS) is 24.3. The Bertz CT molecular complexity index is 1340. The first-order valence-electron chi connectivity index (χ1n) is 13.8. The van der Waals surface area contributed by atoms with Crippen LogP contribution in [0.25, 0.3) is 0 Å². The molecule has 2 fully saturated rings. The largest absolute Gasteiger partial charge is 0.463 e. The Labute approximate surface area is 253 Å². The van der Waals surface area contributed by atoms with Gasteiger partial charge in [-0.2, -0.15) is 0 Å². The Morgan fingerprint density at radius 1 is 0.837 bits per heavy atom. The van der Waals surface area contributed by atoms with Crippen molar-refractivity contribution in [2.75, 3.05) is 19.8 Å². The van der Waals surface area contributed by atoms with Gasteiger partial charge in [0.05, 0.1) is 13.2 Å². The predicted octanol–water partition coefficient (Wildman–Crippen LogP) is 4.01. The molecule has 5 atom stereocenters. The van der Waals surface area contributed by atoms with Gasteiger partial charge in [-0.05, 0) is 34.7 Å². The molecule has 2 aliphatic heterocycles. The van der Waals surface area contributed by atoms with Crippen LogP contribution >= 0.6 is 11.6 Å². The minimum Gasteiger partial charge on any atom is -0.463 e. The zero-order valence-electron chi connectivity index (χ0n) is 24.3. The highest BCUT2D eigenvalue weighted by atomic mass is 35.5. The van der Waals surface area contributed by atoms with Crippen LogP contribution in [-0.4, -0.2) is 73.8 Å². The lowest BCUT2D eigenvalue weighted by Crippen LogP contribution is -2.59. The first-order chi connectivity index (χ1) is 20.3. The van der Waals surface area contributed by atoms with Gasteiger partial charge in [-0.1, -0.05) is 48.0 Å². The minimum atomic E-state index is -1.33. The highest BCUT2D eigenvalue weighted by Gasteiger charge is 2.52. The van der Waals surface area contributed by atoms with Crippen molar-refractivity contribution in [3.8, 4) is 0 Å². The van der Waals surface area contributed by atoms with E-state index in [0.29, 0.717) is 22.6 Å². The van der Waals surface area contributed by atoms with Crippen LogP contribution in [0, 0.1) is 0 Å². The molecular formula is C31H34ClFO10. The highest BCUT2D eigenvalue weighted by Crippen LogP contribution is 2.39. The van der Waals surface area contributed by atoms with Crippen LogP contribution in [0.3, 0.4) is 0 Å². The van der Waals surface area contributed by atoms with Crippen molar-refractivity contribution >= 4 is 35.5 Å². The van der Waals surface area contributed by atoms with Crippen LogP contribution in [0.15, 0.2) is 42.5 Å². The summed E-state index contributed by atoms with van der Waals surface area (Å²) >= 11 is 6.57. The Morgan fingerprint density at radius 2 is 1.42 bits per heavy atom. The van der Waals surface area contributed by atoms with Gasteiger partial charge in [0.1, 0.15) is 18.8 Å². The monoisotopic (exact) mass is 620 g/mol. The number of carbonyl (C=O) groups excluding carboxylic acids is 4. The summed E-state index contributed by atoms with van der Waals surface area (Å²) in [6.07, 6.45) is -5.16. The van der Waals surface area contributed by atoms with E-state index in [9.17, 15) is 23.6 Å². The number of esters is 4. The van der Waals surface area contributed by atoms with Crippen molar-refractivity contribution in [1.82, 2.24) is 0 Å². The molecule has 2 aromatic rings. The third-order valence-electron chi connectivity index (χ3n) is 7.05. The number of rotatable bonds is 10. The van der Waals surface area contributed by atoms with Gasteiger partial charge in [0, 0.05) is 39.1 Å². The first-order valence-corrected chi connectivity index (χ1v) is 14.1. The van der Waals surface area contributed by atoms with Crippen molar-refractivity contribution in [3.63, 3.8) is 0 Å². The maximum absolute atomic E-state index is 14.5. The topological polar surface area (TPSA) is 124 Å². The summed E-state index contributed by atoms with van der Waals surface area (Å²) < 4.78 is 47.5. The maximum atomic E-state index is 14.5. The second-order valence-electron chi connectivity index (χ2n) is 10.8. The third-order valence-corrected chi connectivity index (χ3v) is 7.42. The van der Waals surface area contributed by atoms with Crippen LogP contribution in [0.1, 0.15) is 56.1 Å². The van der Waals surface area contributed by atoms with Gasteiger partial charge in [-0.15, -0.1) is 0 Å². The maximum Gasteiger partial charge on any atom is 0.303 e. The molecule has 2 heterocycles. The lowest BCUT2D eigenvalue weighted by molar-refractivity contribution is -0.254. The van der Waals surface area contributed by atoms with Gasteiger partial charge in [0.2, 0.25) is 0 Å². The molecule has 0 aliphatic carbocycles. The van der Waals surface area contributed by atoms with E-state index in [2.05, 4.69) is 0 Å². The molecule has 2 aliphatic rings. The van der Waals surface area contributed by atoms with Gasteiger partial charge < -0.3 is 28.4 Å². The molecule has 43 heavy (non-hydrogen) atoms. The van der Waals surface area contributed by atoms with Crippen LogP contribution < -0.4 is 0 Å². The molecule has 2 aromatic carbocycles. The van der Waals surface area contributed by atoms with E-state index in [0.717, 1.165) is 18.1 Å². The summed E-state index contributed by atoms with van der Waals surface area (Å²) in [4.78, 5) is 48.0. The first kappa shape index (κ1) is 32.4. The van der Waals surface area contributed by atoms with Crippen LogP contribution in [0.2, 0.25) is 5.02 Å². The van der Waals surface area contributed by atoms with E-state index in [1.165, 1.54) is 20.8 Å². The van der Waals surface area contributed by atoms with Crippen molar-refractivity contribution in [2.24, 2.45) is 0 Å². The van der Waals surface area contributed by atoms with E-state index in [1.807, 2.05) is 24.3 Å². The molecule has 4 rings (SSSR count). The molecule has 232 valence electrons. The van der Waals surface area contributed by atoms with Gasteiger partial charge in [0.15, 0.2) is 24.0 Å². The number of benzene rings is 2. The number of ether oxygens (including phenoxy) is 6. The summed E-state index contributed by atoms with van der Waals surface area (Å²) in [5, 5.41) is 0.466. The average molecular weight is 621 g/mol. The van der Waals surface area contributed by atoms with E-state index in [4.69, 9.17) is 40.0 Å². The van der Waals surface area contributed by atoms with Crippen molar-refractivity contribution in [2.45, 2.75) is 76.7 Å². The second kappa shape index (κ2) is 13.8. The molecule has 0 spiro atoms. The zero-order valence-corrected chi connectivity index (χ0v) is 25.1. The number of carbonyl (C=O) groups is 4. The fraction of sp³-hybridized carbons (Fsp3) is 0.484. The molecule has 10 nitrogen and oxygen atoms in total. The molecule has 0 amide bonds. The van der Waals surface area contributed by atoms with Crippen LogP contribution in [0.4, 0.5) is 4.39 Å². The summed E-state index contributed by atoms with van der Waals surface area (Å²) in [5.41, 5.74) is 1.68. The van der Waals surface area contributed by atoms with Crippen molar-refractivity contribution in [1.29, 1.82) is 0 Å². The molecule has 0 N–H and O–H groups in total. The van der Waals surface area contributed by atoms with Gasteiger partial charge in [0.25, 0.3) is 0 Å². The lowest BCUT2D eigenvalue weighted by atomic mass is 9.89. The third kappa shape index (κ3) is 8.52. The molecule has 0 aromatic heterocycles. The standard InChI is InChI=1S/C31H34ClFO10/c1-17(34)39-14-26-28(40-18(2)35)30(42-20(4)37)29(41-19(3)36)27(43-26)23-9-10-25(32)24(12-23)11-21-5-7-22(8-6-21)13-31(33)15-38-16-31/h5-10,12,26-30H,11,13-16H2,1-4H3/t26-,27?,28-,29+,30?/m1/s1. The Morgan fingerprint density at radius 3 is 1.98 bits per heavy atom. The Kier molecular flexibility index (Phi) is 10.4. The molecule has 2 saturated heterocycles. The molecule has 2 unspecified atom stereocenters. The zero-order chi connectivity index (χ0) is 31.3. The minimum absolute atomic E-state index is 0.0936. The molecule has 0 bridgehead atoms. The number of hydrogen-bond acceptors (Lipinski definition) is 10. The quantitative estimate of drug-likeness (QED) is 0.284. The van der Waals surface area contributed by atoms with Crippen molar-refractivity contribution < 1.29 is 52.0 Å². The smallest absolute Gasteiger partial charge is 0.303 e. The summed E-state index contributed by atoms with van der Waals surface area (Å²) in [7, 11) is 0. The number of alkyl halides is 1. The molecule has 0 saturated carbocycles. The summed E-state index contributed by atoms with van der Waals surface area (Å²) in [6.45, 7) is 4.59. The highest BCUT2D eigenvalue weighted by molar-refractivity contribution is 6.31. The van der Waals surface area contributed by atoms with E-state index in [-0.39, 0.29) is 26.2 Å². The lowest BCUT2D eigenvalue weighted by Gasteiger charge is -2.44. The fourth-order valence-electron chi connectivity index (χ4n) is 5.19. The SMILES string of the molecule is CC(=O)OC[C@H]1OC(c2ccc(Cl)c(Cc3ccc(CC4(F)COC4)cc3)c2)[C@H](OC(C)=O)C(OC(C)=O)[C@@H]1OC(C)=O. The molecule has 12 heteroatoms. The van der Waals surface area contributed by atoms with Crippen LogP contribution in [-0.2, 0) is 60.4 Å². The second-order valence-corrected chi connectivity index (χ2v) is 11.2. The number of halogens is 2. The van der Waals surface area contributed by atoms with E-state index in [1.54, 1.807) is 18.2 Å². The summed E-state index contributed by atoms with van der Waals surface area (Å²) in [5.74, 6) is -2.71. The van der Waals surface area contributed by atoms with E-state index < -0.39 is 60.1 Å². The summed E-state index contributed by atoms with van der Waals surface area (Å²) in [6, 6.07) is 12.7.